The summed E-state index contributed by atoms with van der Waals surface area (Å²) >= 11 is 0. The molecule has 0 fully saturated rings. The van der Waals surface area contributed by atoms with E-state index in [1.807, 2.05) is 27.2 Å². The Bertz CT molecular complexity index is 1320. The normalized spacial score (nSPS) is 14.0. The van der Waals surface area contributed by atoms with Gasteiger partial charge in [0.05, 0.1) is 39.9 Å². The van der Waals surface area contributed by atoms with Crippen LogP contribution in [0.25, 0.3) is 0 Å². The Morgan fingerprint density at radius 1 is 0.453 bits per heavy atom. The summed E-state index contributed by atoms with van der Waals surface area (Å²) in [6.45, 7) is 4.67. The van der Waals surface area contributed by atoms with Crippen molar-refractivity contribution < 1.29 is 32.9 Å². The van der Waals surface area contributed by atoms with Crippen molar-refractivity contribution in [3.05, 3.63) is 36.5 Å². The zero-order valence-electron chi connectivity index (χ0n) is 50.8. The molecule has 8 nitrogen and oxygen atoms in total. The van der Waals surface area contributed by atoms with Crippen LogP contribution in [0, 0.1) is 0 Å². The lowest BCUT2D eigenvalue weighted by Crippen LogP contribution is -2.45. The van der Waals surface area contributed by atoms with E-state index in [1.54, 1.807) is 6.08 Å². The average Bonchev–Trinajstić information content (AvgIpc) is 3.37. The van der Waals surface area contributed by atoms with Crippen molar-refractivity contribution in [1.29, 1.82) is 0 Å². The van der Waals surface area contributed by atoms with Crippen LogP contribution in [0.3, 0.4) is 0 Å². The van der Waals surface area contributed by atoms with E-state index in [0.29, 0.717) is 17.4 Å². The van der Waals surface area contributed by atoms with Gasteiger partial charge in [-0.1, -0.05) is 314 Å². The van der Waals surface area contributed by atoms with Crippen LogP contribution in [0.15, 0.2) is 36.5 Å². The lowest BCUT2D eigenvalue weighted by Gasteiger charge is -2.29. The van der Waals surface area contributed by atoms with Crippen molar-refractivity contribution in [3.8, 4) is 0 Å². The van der Waals surface area contributed by atoms with Crippen molar-refractivity contribution in [2.75, 3.05) is 40.9 Å². The zero-order valence-corrected chi connectivity index (χ0v) is 51.7. The molecule has 75 heavy (non-hydrogen) atoms. The zero-order chi connectivity index (χ0) is 54.9. The van der Waals surface area contributed by atoms with Crippen LogP contribution in [0.4, 0.5) is 0 Å². The predicted molar refractivity (Wildman–Crippen MR) is 325 cm³/mol. The van der Waals surface area contributed by atoms with Gasteiger partial charge in [-0.15, -0.1) is 0 Å². The first kappa shape index (κ1) is 73.7. The quantitative estimate of drug-likeness (QED) is 0.0272. The molecule has 0 bridgehead atoms. The van der Waals surface area contributed by atoms with Gasteiger partial charge in [-0.3, -0.25) is 9.36 Å². The van der Waals surface area contributed by atoms with Crippen LogP contribution in [-0.4, -0.2) is 68.5 Å². The van der Waals surface area contributed by atoms with Gasteiger partial charge >= 0.3 is 0 Å². The molecule has 2 N–H and O–H groups in total. The number of hydrogen-bond acceptors (Lipinski definition) is 6. The summed E-state index contributed by atoms with van der Waals surface area (Å²) in [4.78, 5) is 25.6. The van der Waals surface area contributed by atoms with Crippen molar-refractivity contribution in [2.24, 2.45) is 0 Å². The summed E-state index contributed by atoms with van der Waals surface area (Å²) in [5.41, 5.74) is 0. The number of hydrogen-bond donors (Lipinski definition) is 2. The fourth-order valence-electron chi connectivity index (χ4n) is 9.95. The standard InChI is InChI=1S/C66H129N2O6P/c1-6-8-10-12-14-16-18-20-22-24-26-28-29-30-31-32-33-34-35-36-37-38-39-40-42-44-46-48-50-52-54-56-58-60-66(70)67-64(63-74-75(71,72)73-62-61-68(3,4)5)65(69)59-57-55-53-51-49-47-45-43-41-27-25-23-21-19-17-15-13-11-9-7-2/h41,43,49,51,57,59,64-65,69H,6-40,42,44-48,50,52-56,58,60-63H2,1-5H3,(H-,67,70,71,72)/b43-41+,51-49+,59-57+. The number of aliphatic hydroxyl groups excluding tert-OH is 1. The summed E-state index contributed by atoms with van der Waals surface area (Å²) in [7, 11) is 1.25. The Balaban J connectivity index is 4.06. The largest absolute Gasteiger partial charge is 0.756 e. The van der Waals surface area contributed by atoms with Crippen LogP contribution >= 0.6 is 7.82 Å². The second-order valence-electron chi connectivity index (χ2n) is 23.8. The molecular formula is C66H129N2O6P. The van der Waals surface area contributed by atoms with E-state index in [2.05, 4.69) is 43.5 Å². The Morgan fingerprint density at radius 2 is 0.747 bits per heavy atom. The number of nitrogens with one attached hydrogen (secondary N) is 1. The average molecular weight is 1080 g/mol. The molecule has 0 radical (unpaired) electrons. The minimum Gasteiger partial charge on any atom is -0.756 e. The molecule has 3 atom stereocenters. The summed E-state index contributed by atoms with van der Waals surface area (Å²) in [5, 5.41) is 13.9. The molecule has 0 spiro atoms. The first-order valence-electron chi connectivity index (χ1n) is 32.9. The van der Waals surface area contributed by atoms with Crippen LogP contribution in [0.1, 0.15) is 328 Å². The van der Waals surface area contributed by atoms with Crippen molar-refractivity contribution in [2.45, 2.75) is 341 Å². The first-order chi connectivity index (χ1) is 36.5. The smallest absolute Gasteiger partial charge is 0.268 e. The van der Waals surface area contributed by atoms with Gasteiger partial charge in [-0.05, 0) is 44.9 Å². The number of allylic oxidation sites excluding steroid dienone is 5. The summed E-state index contributed by atoms with van der Waals surface area (Å²) in [6.07, 6.45) is 75.5. The molecule has 0 aliphatic carbocycles. The highest BCUT2D eigenvalue weighted by atomic mass is 31.2. The molecule has 0 rings (SSSR count). The SMILES string of the molecule is CCCCCCCCCCCC/C=C/CC/C=C/CC/C=C/C(O)C(COP(=O)([O-])OCC[N+](C)(C)C)NC(=O)CCCCCCCCCCCCCCCCCCCCCCCCCCCCCCCCCCC. The number of amides is 1. The number of carbonyl (C=O) groups is 1. The van der Waals surface area contributed by atoms with Crippen molar-refractivity contribution in [3.63, 3.8) is 0 Å². The van der Waals surface area contributed by atoms with E-state index in [9.17, 15) is 19.4 Å². The van der Waals surface area contributed by atoms with Gasteiger partial charge in [0.1, 0.15) is 13.2 Å². The topological polar surface area (TPSA) is 108 Å². The third kappa shape index (κ3) is 60.2. The van der Waals surface area contributed by atoms with E-state index in [0.717, 1.165) is 44.9 Å². The molecule has 0 saturated heterocycles. The van der Waals surface area contributed by atoms with E-state index >= 15 is 0 Å². The van der Waals surface area contributed by atoms with E-state index in [-0.39, 0.29) is 12.5 Å². The highest BCUT2D eigenvalue weighted by Gasteiger charge is 2.23. The molecule has 0 saturated carbocycles. The summed E-state index contributed by atoms with van der Waals surface area (Å²) in [5.74, 6) is -0.205. The number of carbonyl (C=O) groups excluding carboxylic acids is 1. The lowest BCUT2D eigenvalue weighted by atomic mass is 10.0. The van der Waals surface area contributed by atoms with Crippen LogP contribution in [-0.2, 0) is 18.4 Å². The van der Waals surface area contributed by atoms with Gasteiger partial charge in [-0.2, -0.15) is 0 Å². The number of quaternary nitrogens is 1. The number of phosphoric acid groups is 1. The summed E-state index contributed by atoms with van der Waals surface area (Å²) in [6, 6.07) is -0.908. The monoisotopic (exact) mass is 1080 g/mol. The molecule has 1 amide bonds. The molecule has 444 valence electrons. The van der Waals surface area contributed by atoms with Crippen LogP contribution in [0.2, 0.25) is 0 Å². The maximum Gasteiger partial charge on any atom is 0.268 e. The number of unbranched alkanes of at least 4 members (excludes halogenated alkanes) is 44. The third-order valence-corrected chi connectivity index (χ3v) is 16.0. The van der Waals surface area contributed by atoms with Gasteiger partial charge in [0.15, 0.2) is 0 Å². The molecule has 0 heterocycles. The minimum atomic E-state index is -4.61. The van der Waals surface area contributed by atoms with E-state index < -0.39 is 26.6 Å². The first-order valence-corrected chi connectivity index (χ1v) is 34.3. The van der Waals surface area contributed by atoms with Gasteiger partial charge in [-0.25, -0.2) is 0 Å². The van der Waals surface area contributed by atoms with Crippen molar-refractivity contribution >= 4 is 13.7 Å². The van der Waals surface area contributed by atoms with Gasteiger partial charge in [0.2, 0.25) is 5.91 Å². The molecule has 0 aliphatic rings. The fraction of sp³-hybridized carbons (Fsp3) is 0.894. The second-order valence-corrected chi connectivity index (χ2v) is 25.2. The molecule has 0 aromatic rings. The van der Waals surface area contributed by atoms with Gasteiger partial charge in [0, 0.05) is 6.42 Å². The fourth-order valence-corrected chi connectivity index (χ4v) is 10.7. The maximum absolute atomic E-state index is 13.0. The van der Waals surface area contributed by atoms with Crippen LogP contribution in [0.5, 0.6) is 0 Å². The Kier molecular flexibility index (Phi) is 56.4. The molecular weight excluding hydrogens is 948 g/mol. The number of nitrogens with zero attached hydrogens (tertiary/aromatic N) is 1. The number of likely N-dealkylation sites (N-methyl/N-ethyl adjacent to an activating group) is 1. The van der Waals surface area contributed by atoms with E-state index in [1.165, 1.54) is 263 Å². The number of phosphoric ester groups is 1. The number of rotatable bonds is 61. The molecule has 0 aromatic carbocycles. The van der Waals surface area contributed by atoms with Gasteiger partial charge in [0.25, 0.3) is 7.82 Å². The molecule has 9 heteroatoms. The van der Waals surface area contributed by atoms with Gasteiger partial charge < -0.3 is 28.8 Å². The third-order valence-electron chi connectivity index (χ3n) is 15.1. The Labute approximate surface area is 467 Å². The second kappa shape index (κ2) is 57.4. The maximum atomic E-state index is 13.0. The van der Waals surface area contributed by atoms with E-state index in [4.69, 9.17) is 9.05 Å². The minimum absolute atomic E-state index is 0.00725. The highest BCUT2D eigenvalue weighted by Crippen LogP contribution is 2.38. The number of aliphatic hydroxyl groups is 1. The predicted octanol–water partition coefficient (Wildman–Crippen LogP) is 19.9. The molecule has 0 aliphatic heterocycles. The summed E-state index contributed by atoms with van der Waals surface area (Å²) < 4.78 is 23.4. The van der Waals surface area contributed by atoms with Crippen LogP contribution < -0.4 is 10.2 Å². The Hall–Kier alpha value is -1.28. The lowest BCUT2D eigenvalue weighted by molar-refractivity contribution is -0.870. The molecule has 0 aromatic heterocycles. The molecule has 3 unspecified atom stereocenters. The van der Waals surface area contributed by atoms with Crippen molar-refractivity contribution in [1.82, 2.24) is 5.32 Å². The Morgan fingerprint density at radius 3 is 1.08 bits per heavy atom. The highest BCUT2D eigenvalue weighted by molar-refractivity contribution is 7.45.